The van der Waals surface area contributed by atoms with Crippen molar-refractivity contribution in [1.82, 2.24) is 10.3 Å². The van der Waals surface area contributed by atoms with Gasteiger partial charge in [0.25, 0.3) is 0 Å². The van der Waals surface area contributed by atoms with Crippen LogP contribution in [0.15, 0.2) is 62.8 Å². The van der Waals surface area contributed by atoms with Crippen LogP contribution in [0.3, 0.4) is 0 Å². The Hall–Kier alpha value is -2.01. The van der Waals surface area contributed by atoms with Gasteiger partial charge >= 0.3 is 0 Å². The van der Waals surface area contributed by atoms with E-state index in [0.29, 0.717) is 5.17 Å². The average molecular weight is 357 g/mol. The fourth-order valence-corrected chi connectivity index (χ4v) is 4.34. The van der Waals surface area contributed by atoms with Crippen molar-refractivity contribution < 1.29 is 0 Å². The molecule has 114 valence electrons. The van der Waals surface area contributed by atoms with Crippen molar-refractivity contribution in [2.45, 2.75) is 9.24 Å². The molecule has 0 atom stereocenters. The summed E-state index contributed by atoms with van der Waals surface area (Å²) >= 11 is 4.66. The van der Waals surface area contributed by atoms with Crippen LogP contribution in [-0.4, -0.2) is 16.4 Å². The minimum atomic E-state index is 0.574. The number of benzene rings is 2. The van der Waals surface area contributed by atoms with Gasteiger partial charge in [-0.25, -0.2) is 9.98 Å². The van der Waals surface area contributed by atoms with Gasteiger partial charge < -0.3 is 0 Å². The number of fused-ring (bicyclic) bond motifs is 1. The molecule has 7 heteroatoms. The normalized spacial score (nSPS) is 11.4. The molecule has 1 aromatic heterocycles. The fraction of sp³-hybridized carbons (Fsp3) is 0.0625. The first kappa shape index (κ1) is 15.9. The molecule has 3 aromatic rings. The number of hydrogen-bond donors (Lipinski definition) is 1. The zero-order chi connectivity index (χ0) is 16.1. The third kappa shape index (κ3) is 3.85. The molecule has 1 heterocycles. The van der Waals surface area contributed by atoms with Crippen molar-refractivity contribution in [3.63, 3.8) is 0 Å². The second-order valence-corrected chi connectivity index (χ2v) is 7.49. The molecule has 0 aliphatic rings. The van der Waals surface area contributed by atoms with E-state index in [1.165, 1.54) is 16.5 Å². The molecule has 0 aliphatic carbocycles. The SMILES string of the molecule is CSC(=Nc1ccccc1Sc1nc2ccccc2s1)NC#N. The second kappa shape index (κ2) is 7.51. The molecular weight excluding hydrogens is 344 g/mol. The Morgan fingerprint density at radius 1 is 1.22 bits per heavy atom. The van der Waals surface area contributed by atoms with Gasteiger partial charge in [-0.15, -0.1) is 11.3 Å². The first-order valence-electron chi connectivity index (χ1n) is 6.70. The van der Waals surface area contributed by atoms with E-state index in [0.717, 1.165) is 20.4 Å². The summed E-state index contributed by atoms with van der Waals surface area (Å²) in [5.41, 5.74) is 1.83. The van der Waals surface area contributed by atoms with Crippen LogP contribution in [0.4, 0.5) is 5.69 Å². The lowest BCUT2D eigenvalue weighted by atomic mass is 10.3. The number of aliphatic imine (C=N–C) groups is 1. The molecule has 0 bridgehead atoms. The number of nitriles is 1. The number of nitrogens with one attached hydrogen (secondary N) is 1. The molecule has 0 radical (unpaired) electrons. The molecule has 1 N–H and O–H groups in total. The van der Waals surface area contributed by atoms with Crippen molar-refractivity contribution in [2.75, 3.05) is 6.26 Å². The van der Waals surface area contributed by atoms with Gasteiger partial charge in [-0.2, -0.15) is 5.26 Å². The highest BCUT2D eigenvalue weighted by molar-refractivity contribution is 8.13. The average Bonchev–Trinajstić information content (AvgIpc) is 2.98. The maximum absolute atomic E-state index is 8.76. The Labute approximate surface area is 146 Å². The number of aromatic nitrogens is 1. The number of hydrogen-bond acceptors (Lipinski definition) is 6. The summed E-state index contributed by atoms with van der Waals surface area (Å²) in [6.45, 7) is 0. The molecule has 0 saturated heterocycles. The van der Waals surface area contributed by atoms with Crippen LogP contribution in [0.1, 0.15) is 0 Å². The molecule has 0 fully saturated rings. The summed E-state index contributed by atoms with van der Waals surface area (Å²) in [7, 11) is 0. The van der Waals surface area contributed by atoms with Crippen LogP contribution in [0, 0.1) is 11.5 Å². The molecule has 4 nitrogen and oxygen atoms in total. The Balaban J connectivity index is 1.92. The summed E-state index contributed by atoms with van der Waals surface area (Å²) in [4.78, 5) is 10.2. The smallest absolute Gasteiger partial charge is 0.183 e. The lowest BCUT2D eigenvalue weighted by Crippen LogP contribution is -2.12. The standard InChI is InChI=1S/C16H12N4S3/c1-21-15(18-10-17)19-11-6-2-4-8-13(11)22-16-20-12-7-3-5-9-14(12)23-16/h2-9H,1H3,(H,18,19). The maximum Gasteiger partial charge on any atom is 0.183 e. The molecule has 3 rings (SSSR count). The fourth-order valence-electron chi connectivity index (χ4n) is 1.91. The van der Waals surface area contributed by atoms with Crippen LogP contribution >= 0.6 is 34.9 Å². The van der Waals surface area contributed by atoms with Gasteiger partial charge in [0.15, 0.2) is 15.7 Å². The number of para-hydroxylation sites is 2. The third-order valence-corrected chi connectivity index (χ3v) is 5.66. The largest absolute Gasteiger partial charge is 0.271 e. The first-order valence-corrected chi connectivity index (χ1v) is 9.56. The monoisotopic (exact) mass is 356 g/mol. The molecule has 0 amide bonds. The number of thioether (sulfide) groups is 1. The predicted octanol–water partition coefficient (Wildman–Crippen LogP) is 4.87. The van der Waals surface area contributed by atoms with Crippen LogP contribution < -0.4 is 5.32 Å². The Kier molecular flexibility index (Phi) is 5.18. The van der Waals surface area contributed by atoms with E-state index in [9.17, 15) is 0 Å². The number of nitrogens with zero attached hydrogens (tertiary/aromatic N) is 3. The topological polar surface area (TPSA) is 61.1 Å². The summed E-state index contributed by atoms with van der Waals surface area (Å²) in [5.74, 6) is 0. The van der Waals surface area contributed by atoms with E-state index in [1.807, 2.05) is 54.9 Å². The zero-order valence-electron chi connectivity index (χ0n) is 12.2. The van der Waals surface area contributed by atoms with E-state index in [-0.39, 0.29) is 0 Å². The van der Waals surface area contributed by atoms with Gasteiger partial charge in [-0.05, 0) is 30.5 Å². The van der Waals surface area contributed by atoms with E-state index in [4.69, 9.17) is 5.26 Å². The van der Waals surface area contributed by atoms with Crippen LogP contribution in [0.2, 0.25) is 0 Å². The highest BCUT2D eigenvalue weighted by Gasteiger charge is 2.09. The Morgan fingerprint density at radius 3 is 2.78 bits per heavy atom. The summed E-state index contributed by atoms with van der Waals surface area (Å²) in [6, 6.07) is 16.0. The minimum Gasteiger partial charge on any atom is -0.271 e. The molecule has 2 aromatic carbocycles. The van der Waals surface area contributed by atoms with Crippen LogP contribution in [0.5, 0.6) is 0 Å². The number of amidine groups is 1. The molecule has 0 aliphatic heterocycles. The van der Waals surface area contributed by atoms with Gasteiger partial charge in [-0.3, -0.25) is 5.32 Å². The minimum absolute atomic E-state index is 0.574. The molecular formula is C16H12N4S3. The van der Waals surface area contributed by atoms with E-state index in [1.54, 1.807) is 23.1 Å². The molecule has 23 heavy (non-hydrogen) atoms. The quantitative estimate of drug-likeness (QED) is 0.314. The maximum atomic E-state index is 8.76. The zero-order valence-corrected chi connectivity index (χ0v) is 14.6. The number of rotatable bonds is 3. The summed E-state index contributed by atoms with van der Waals surface area (Å²) < 4.78 is 2.15. The van der Waals surface area contributed by atoms with E-state index >= 15 is 0 Å². The molecule has 0 unspecified atom stereocenters. The lowest BCUT2D eigenvalue weighted by molar-refractivity contribution is 1.26. The molecule has 0 spiro atoms. The van der Waals surface area contributed by atoms with Gasteiger partial charge in [0.2, 0.25) is 0 Å². The van der Waals surface area contributed by atoms with Gasteiger partial charge in [0, 0.05) is 4.90 Å². The summed E-state index contributed by atoms with van der Waals surface area (Å²) in [6.07, 6.45) is 3.79. The Bertz CT molecular complexity index is 862. The van der Waals surface area contributed by atoms with E-state index in [2.05, 4.69) is 21.4 Å². The van der Waals surface area contributed by atoms with Crippen molar-refractivity contribution >= 4 is 55.9 Å². The van der Waals surface area contributed by atoms with Crippen molar-refractivity contribution in [2.24, 2.45) is 4.99 Å². The molecule has 0 saturated carbocycles. The second-order valence-electron chi connectivity index (χ2n) is 4.38. The van der Waals surface area contributed by atoms with Gasteiger partial charge in [-0.1, -0.05) is 47.8 Å². The van der Waals surface area contributed by atoms with Crippen molar-refractivity contribution in [3.8, 4) is 6.19 Å². The van der Waals surface area contributed by atoms with Crippen molar-refractivity contribution in [3.05, 3.63) is 48.5 Å². The highest BCUT2D eigenvalue weighted by atomic mass is 32.2. The van der Waals surface area contributed by atoms with Crippen LogP contribution in [-0.2, 0) is 0 Å². The summed E-state index contributed by atoms with van der Waals surface area (Å²) in [5, 5.41) is 11.9. The first-order chi connectivity index (χ1) is 11.3. The highest BCUT2D eigenvalue weighted by Crippen LogP contribution is 2.38. The van der Waals surface area contributed by atoms with Crippen LogP contribution in [0.25, 0.3) is 10.2 Å². The van der Waals surface area contributed by atoms with Gasteiger partial charge in [0.1, 0.15) is 0 Å². The Morgan fingerprint density at radius 2 is 2.00 bits per heavy atom. The number of thiazole rings is 1. The van der Waals surface area contributed by atoms with E-state index < -0.39 is 0 Å². The third-order valence-electron chi connectivity index (χ3n) is 2.91. The van der Waals surface area contributed by atoms with Gasteiger partial charge in [0.05, 0.1) is 15.9 Å². The lowest BCUT2D eigenvalue weighted by Gasteiger charge is -2.04. The predicted molar refractivity (Wildman–Crippen MR) is 99.5 cm³/mol. The van der Waals surface area contributed by atoms with Crippen molar-refractivity contribution in [1.29, 1.82) is 5.26 Å².